The van der Waals surface area contributed by atoms with Gasteiger partial charge in [0.05, 0.1) is 6.04 Å². The summed E-state index contributed by atoms with van der Waals surface area (Å²) in [5.74, 6) is -2.53. The molecule has 1 aromatic rings. The fraction of sp³-hybridized carbons (Fsp3) is 0.412. The molecule has 2 atom stereocenters. The van der Waals surface area contributed by atoms with Crippen LogP contribution in [0.15, 0.2) is 41.8 Å². The van der Waals surface area contributed by atoms with Crippen LogP contribution in [0, 0.1) is 0 Å². The molecule has 122 valence electrons. The topological polar surface area (TPSA) is 65.1 Å². The number of carbonyl (C=O) groups excluding carboxylic acids is 2. The average molecular weight is 317 g/mol. The molecule has 0 N–H and O–H groups in total. The summed E-state index contributed by atoms with van der Waals surface area (Å²) in [6.45, 7) is 4.99. The van der Waals surface area contributed by atoms with Gasteiger partial charge >= 0.3 is 11.9 Å². The number of carbonyl (C=O) groups is 2. The lowest BCUT2D eigenvalue weighted by Gasteiger charge is -2.30. The second-order valence-electron chi connectivity index (χ2n) is 6.16. The van der Waals surface area contributed by atoms with Crippen LogP contribution in [0.4, 0.5) is 0 Å². The minimum absolute atomic E-state index is 0.0459. The van der Waals surface area contributed by atoms with Gasteiger partial charge in [-0.3, -0.25) is 0 Å². The van der Waals surface area contributed by atoms with Crippen LogP contribution in [0.2, 0.25) is 0 Å². The Kier molecular flexibility index (Phi) is 3.55. The Labute approximate surface area is 134 Å². The highest BCUT2D eigenvalue weighted by Crippen LogP contribution is 2.38. The molecule has 23 heavy (non-hydrogen) atoms. The molecule has 2 saturated heterocycles. The summed E-state index contributed by atoms with van der Waals surface area (Å²) in [4.78, 5) is 26.2. The maximum atomic E-state index is 12.2. The Bertz CT molecular complexity index is 657. The van der Waals surface area contributed by atoms with Crippen molar-refractivity contribution in [3.8, 4) is 0 Å². The number of hydrogen-bond acceptors (Lipinski definition) is 6. The molecule has 6 heteroatoms. The summed E-state index contributed by atoms with van der Waals surface area (Å²) in [5.41, 5.74) is 0.775. The zero-order valence-corrected chi connectivity index (χ0v) is 13.5. The highest BCUT2D eigenvalue weighted by atomic mass is 16.7. The van der Waals surface area contributed by atoms with E-state index < -0.39 is 17.7 Å². The van der Waals surface area contributed by atoms with Crippen LogP contribution in [-0.2, 0) is 23.8 Å². The van der Waals surface area contributed by atoms with E-state index in [-0.39, 0.29) is 23.6 Å². The Morgan fingerprint density at radius 2 is 1.61 bits per heavy atom. The van der Waals surface area contributed by atoms with Gasteiger partial charge in [-0.15, -0.1) is 0 Å². The number of hydrogen-bond donors (Lipinski definition) is 0. The molecule has 0 radical (unpaired) electrons. The maximum Gasteiger partial charge on any atom is 0.354 e. The SMILES string of the molecule is C[C@H]1[C@H](c2ccccc2)OC(=C2C(=O)OC(C)(C)OC2=O)N1C. The van der Waals surface area contributed by atoms with E-state index in [2.05, 4.69) is 0 Å². The van der Waals surface area contributed by atoms with Gasteiger partial charge in [0.25, 0.3) is 5.79 Å². The third-order valence-corrected chi connectivity index (χ3v) is 4.04. The van der Waals surface area contributed by atoms with Crippen LogP contribution in [-0.4, -0.2) is 35.7 Å². The van der Waals surface area contributed by atoms with E-state index in [0.29, 0.717) is 0 Å². The Morgan fingerprint density at radius 3 is 2.17 bits per heavy atom. The van der Waals surface area contributed by atoms with Gasteiger partial charge in [0.15, 0.2) is 0 Å². The first-order valence-corrected chi connectivity index (χ1v) is 7.45. The van der Waals surface area contributed by atoms with Crippen molar-refractivity contribution in [2.45, 2.75) is 38.7 Å². The van der Waals surface area contributed by atoms with Gasteiger partial charge in [-0.05, 0) is 12.5 Å². The van der Waals surface area contributed by atoms with E-state index in [1.54, 1.807) is 11.9 Å². The van der Waals surface area contributed by atoms with Crippen LogP contribution < -0.4 is 0 Å². The summed E-state index contributed by atoms with van der Waals surface area (Å²) >= 11 is 0. The fourth-order valence-electron chi connectivity index (χ4n) is 2.74. The Hall–Kier alpha value is -2.50. The number of nitrogens with zero attached hydrogens (tertiary/aromatic N) is 1. The lowest BCUT2D eigenvalue weighted by molar-refractivity contribution is -0.223. The molecule has 2 heterocycles. The second-order valence-corrected chi connectivity index (χ2v) is 6.16. The predicted octanol–water partition coefficient (Wildman–Crippen LogP) is 2.13. The molecule has 0 bridgehead atoms. The third kappa shape index (κ3) is 2.65. The highest BCUT2D eigenvalue weighted by Gasteiger charge is 2.46. The van der Waals surface area contributed by atoms with E-state index in [4.69, 9.17) is 14.2 Å². The zero-order valence-electron chi connectivity index (χ0n) is 13.5. The van der Waals surface area contributed by atoms with Crippen molar-refractivity contribution in [1.29, 1.82) is 0 Å². The lowest BCUT2D eigenvalue weighted by Crippen LogP contribution is -2.43. The van der Waals surface area contributed by atoms with Crippen LogP contribution in [0.3, 0.4) is 0 Å². The number of esters is 2. The maximum absolute atomic E-state index is 12.2. The van der Waals surface area contributed by atoms with E-state index in [1.807, 2.05) is 37.3 Å². The van der Waals surface area contributed by atoms with Crippen molar-refractivity contribution >= 4 is 11.9 Å². The van der Waals surface area contributed by atoms with E-state index in [0.717, 1.165) is 5.56 Å². The standard InChI is InChI=1S/C17H19NO5/c1-10-13(11-8-6-5-7-9-11)21-14(18(10)4)12-15(19)22-17(2,3)23-16(12)20/h5-10,13H,1-4H3/t10-,13+/m0/s1. The second kappa shape index (κ2) is 5.30. The number of rotatable bonds is 1. The van der Waals surface area contributed by atoms with Crippen molar-refractivity contribution in [3.63, 3.8) is 0 Å². The number of cyclic esters (lactones) is 2. The summed E-state index contributed by atoms with van der Waals surface area (Å²) < 4.78 is 16.2. The summed E-state index contributed by atoms with van der Waals surface area (Å²) in [7, 11) is 1.77. The van der Waals surface area contributed by atoms with Crippen molar-refractivity contribution in [3.05, 3.63) is 47.4 Å². The van der Waals surface area contributed by atoms with Crippen LogP contribution in [0.1, 0.15) is 32.4 Å². The van der Waals surface area contributed by atoms with Crippen molar-refractivity contribution < 1.29 is 23.8 Å². The average Bonchev–Trinajstić information content (AvgIpc) is 2.75. The lowest BCUT2D eigenvalue weighted by atomic mass is 10.0. The van der Waals surface area contributed by atoms with Gasteiger partial charge in [0, 0.05) is 20.9 Å². The predicted molar refractivity (Wildman–Crippen MR) is 80.8 cm³/mol. The molecule has 0 unspecified atom stereocenters. The first-order valence-electron chi connectivity index (χ1n) is 7.45. The molecule has 0 aromatic heterocycles. The molecule has 1 aromatic carbocycles. The number of likely N-dealkylation sites (N-methyl/N-ethyl adjacent to an activating group) is 1. The van der Waals surface area contributed by atoms with Crippen LogP contribution >= 0.6 is 0 Å². The fourth-order valence-corrected chi connectivity index (χ4v) is 2.74. The van der Waals surface area contributed by atoms with Gasteiger partial charge in [-0.2, -0.15) is 0 Å². The molecule has 3 rings (SSSR count). The normalized spacial score (nSPS) is 26.7. The molecule has 0 saturated carbocycles. The zero-order chi connectivity index (χ0) is 16.8. The van der Waals surface area contributed by atoms with Crippen LogP contribution in [0.5, 0.6) is 0 Å². The monoisotopic (exact) mass is 317 g/mol. The molecule has 2 aliphatic rings. The summed E-state index contributed by atoms with van der Waals surface area (Å²) in [5, 5.41) is 0. The molecule has 6 nitrogen and oxygen atoms in total. The minimum Gasteiger partial charge on any atom is -0.468 e. The molecule has 2 fully saturated rings. The quantitative estimate of drug-likeness (QED) is 0.449. The molecular formula is C17H19NO5. The number of ether oxygens (including phenoxy) is 3. The van der Waals surface area contributed by atoms with Crippen LogP contribution in [0.25, 0.3) is 0 Å². The van der Waals surface area contributed by atoms with Gasteiger partial charge in [0.1, 0.15) is 6.10 Å². The smallest absolute Gasteiger partial charge is 0.354 e. The molecule has 0 spiro atoms. The van der Waals surface area contributed by atoms with E-state index in [9.17, 15) is 9.59 Å². The van der Waals surface area contributed by atoms with Crippen molar-refractivity contribution in [1.82, 2.24) is 4.90 Å². The van der Waals surface area contributed by atoms with E-state index in [1.165, 1.54) is 13.8 Å². The number of benzene rings is 1. The van der Waals surface area contributed by atoms with Crippen molar-refractivity contribution in [2.75, 3.05) is 7.05 Å². The minimum atomic E-state index is -1.26. The molecular weight excluding hydrogens is 298 g/mol. The summed E-state index contributed by atoms with van der Waals surface area (Å²) in [6, 6.07) is 9.61. The third-order valence-electron chi connectivity index (χ3n) is 4.04. The van der Waals surface area contributed by atoms with Gasteiger partial charge in [-0.1, -0.05) is 30.3 Å². The Morgan fingerprint density at radius 1 is 1.04 bits per heavy atom. The molecule has 0 aliphatic carbocycles. The van der Waals surface area contributed by atoms with Gasteiger partial charge in [0.2, 0.25) is 11.5 Å². The van der Waals surface area contributed by atoms with E-state index >= 15 is 0 Å². The van der Waals surface area contributed by atoms with Gasteiger partial charge < -0.3 is 19.1 Å². The first-order chi connectivity index (χ1) is 10.8. The van der Waals surface area contributed by atoms with Gasteiger partial charge in [-0.25, -0.2) is 9.59 Å². The molecule has 0 amide bonds. The summed E-state index contributed by atoms with van der Waals surface area (Å²) in [6.07, 6.45) is -0.278. The molecule has 2 aliphatic heterocycles. The Balaban J connectivity index is 1.97. The first kappa shape index (κ1) is 15.4. The largest absolute Gasteiger partial charge is 0.468 e. The van der Waals surface area contributed by atoms with Crippen molar-refractivity contribution in [2.24, 2.45) is 0 Å². The highest BCUT2D eigenvalue weighted by molar-refractivity contribution is 6.15.